The van der Waals surface area contributed by atoms with Gasteiger partial charge in [0.25, 0.3) is 0 Å². The van der Waals surface area contributed by atoms with Gasteiger partial charge in [0.1, 0.15) is 11.5 Å². The Bertz CT molecular complexity index is 347. The van der Waals surface area contributed by atoms with Crippen molar-refractivity contribution < 1.29 is 14.6 Å². The van der Waals surface area contributed by atoms with E-state index >= 15 is 0 Å². The predicted octanol–water partition coefficient (Wildman–Crippen LogP) is 2.14. The molecule has 0 spiro atoms. The van der Waals surface area contributed by atoms with E-state index in [1.165, 1.54) is 18.2 Å². The van der Waals surface area contributed by atoms with E-state index in [1.54, 1.807) is 0 Å². The fourth-order valence-electron chi connectivity index (χ4n) is 0.714. The maximum absolute atomic E-state index is 10.7. The summed E-state index contributed by atoms with van der Waals surface area (Å²) in [4.78, 5) is 10.7. The molecule has 0 radical (unpaired) electrons. The van der Waals surface area contributed by atoms with Gasteiger partial charge in [-0.25, -0.2) is 4.79 Å². The van der Waals surface area contributed by atoms with E-state index < -0.39 is 5.97 Å². The molecule has 0 heterocycles. The van der Waals surface area contributed by atoms with E-state index in [0.29, 0.717) is 0 Å². The Labute approximate surface area is 80.2 Å². The van der Waals surface area contributed by atoms with Gasteiger partial charge in [0, 0.05) is 12.1 Å². The maximum atomic E-state index is 10.7. The van der Waals surface area contributed by atoms with Gasteiger partial charge in [0.15, 0.2) is 0 Å². The van der Waals surface area contributed by atoms with Crippen molar-refractivity contribution in [2.24, 2.45) is 0 Å². The molecule has 0 unspecified atom stereocenters. The van der Waals surface area contributed by atoms with E-state index in [9.17, 15) is 4.79 Å². The van der Waals surface area contributed by atoms with Gasteiger partial charge in [-0.15, -0.1) is 0 Å². The molecule has 0 saturated heterocycles. The zero-order valence-corrected chi connectivity index (χ0v) is 7.41. The van der Waals surface area contributed by atoms with Crippen molar-refractivity contribution in [2.75, 3.05) is 0 Å². The van der Waals surface area contributed by atoms with Gasteiger partial charge < -0.3 is 9.84 Å². The zero-order valence-electron chi connectivity index (χ0n) is 6.66. The molecule has 0 bridgehead atoms. The van der Waals surface area contributed by atoms with Gasteiger partial charge in [0.2, 0.25) is 0 Å². The van der Waals surface area contributed by atoms with Crippen LogP contribution in [0.25, 0.3) is 0 Å². The van der Waals surface area contributed by atoms with Gasteiger partial charge in [-0.3, -0.25) is 0 Å². The summed E-state index contributed by atoms with van der Waals surface area (Å²) in [5, 5.41) is 9.34. The molecule has 0 aliphatic carbocycles. The third kappa shape index (κ3) is 2.49. The second-order valence-electron chi connectivity index (χ2n) is 2.24. The Kier molecular flexibility index (Phi) is 2.93. The number of phenols is 1. The SMILES string of the molecule is C=CC(=O)Oc1ccc(Cl)c(O)c1. The number of ether oxygens (including phenoxy) is 1. The number of phenolic OH excluding ortho intramolecular Hbond substituents is 1. The van der Waals surface area contributed by atoms with Crippen LogP contribution in [0, 0.1) is 0 Å². The van der Waals surface area contributed by atoms with E-state index in [2.05, 4.69) is 6.58 Å². The minimum Gasteiger partial charge on any atom is -0.506 e. The zero-order chi connectivity index (χ0) is 9.84. The third-order valence-corrected chi connectivity index (χ3v) is 1.62. The van der Waals surface area contributed by atoms with Crippen molar-refractivity contribution in [1.82, 2.24) is 0 Å². The average Bonchev–Trinajstić information content (AvgIpc) is 2.11. The minimum absolute atomic E-state index is 0.129. The first-order valence-electron chi connectivity index (χ1n) is 3.46. The number of rotatable bonds is 2. The second-order valence-corrected chi connectivity index (χ2v) is 2.65. The highest BCUT2D eigenvalue weighted by molar-refractivity contribution is 6.32. The lowest BCUT2D eigenvalue weighted by Crippen LogP contribution is -2.02. The molecule has 3 nitrogen and oxygen atoms in total. The Morgan fingerprint density at radius 1 is 1.62 bits per heavy atom. The van der Waals surface area contributed by atoms with Crippen LogP contribution in [0.4, 0.5) is 0 Å². The number of esters is 1. The van der Waals surface area contributed by atoms with Gasteiger partial charge >= 0.3 is 5.97 Å². The van der Waals surface area contributed by atoms with Crippen LogP contribution in [0.3, 0.4) is 0 Å². The largest absolute Gasteiger partial charge is 0.506 e. The first kappa shape index (κ1) is 9.61. The summed E-state index contributed by atoms with van der Waals surface area (Å²) < 4.78 is 4.72. The lowest BCUT2D eigenvalue weighted by atomic mass is 10.3. The molecule has 4 heteroatoms. The first-order valence-corrected chi connectivity index (χ1v) is 3.84. The fourth-order valence-corrected chi connectivity index (χ4v) is 0.831. The number of hydrogen-bond donors (Lipinski definition) is 1. The molecule has 0 saturated carbocycles. The number of halogens is 1. The van der Waals surface area contributed by atoms with Gasteiger partial charge in [0.05, 0.1) is 5.02 Å². The summed E-state index contributed by atoms with van der Waals surface area (Å²) in [7, 11) is 0. The number of benzene rings is 1. The number of aromatic hydroxyl groups is 1. The molecular weight excluding hydrogens is 192 g/mol. The van der Waals surface area contributed by atoms with Crippen LogP contribution in [-0.4, -0.2) is 11.1 Å². The first-order chi connectivity index (χ1) is 6.13. The molecule has 0 aromatic heterocycles. The lowest BCUT2D eigenvalue weighted by Gasteiger charge is -2.02. The summed E-state index contributed by atoms with van der Waals surface area (Å²) in [5.74, 6) is -0.482. The Morgan fingerprint density at radius 2 is 2.31 bits per heavy atom. The summed E-state index contributed by atoms with van der Waals surface area (Å²) in [6.07, 6.45) is 1.03. The van der Waals surface area contributed by atoms with E-state index in [1.807, 2.05) is 0 Å². The molecule has 1 aromatic carbocycles. The van der Waals surface area contributed by atoms with Gasteiger partial charge in [-0.1, -0.05) is 18.2 Å². The van der Waals surface area contributed by atoms with Crippen molar-refractivity contribution in [2.45, 2.75) is 0 Å². The van der Waals surface area contributed by atoms with E-state index in [4.69, 9.17) is 21.4 Å². The smallest absolute Gasteiger partial charge is 0.335 e. The molecule has 1 N–H and O–H groups in total. The average molecular weight is 199 g/mol. The quantitative estimate of drug-likeness (QED) is 0.450. The van der Waals surface area contributed by atoms with E-state index in [0.717, 1.165) is 6.08 Å². The summed E-state index contributed by atoms with van der Waals surface area (Å²) in [6.45, 7) is 3.23. The molecule has 0 atom stereocenters. The number of carbonyl (C=O) groups is 1. The van der Waals surface area contributed by atoms with Gasteiger partial charge in [-0.2, -0.15) is 0 Å². The second kappa shape index (κ2) is 3.96. The Hall–Kier alpha value is -1.48. The Morgan fingerprint density at radius 3 is 2.85 bits per heavy atom. The van der Waals surface area contributed by atoms with Crippen LogP contribution in [0.1, 0.15) is 0 Å². The lowest BCUT2D eigenvalue weighted by molar-refractivity contribution is -0.128. The highest BCUT2D eigenvalue weighted by Crippen LogP contribution is 2.27. The molecule has 0 fully saturated rings. The van der Waals surface area contributed by atoms with Crippen LogP contribution in [0.5, 0.6) is 11.5 Å². The summed E-state index contributed by atoms with van der Waals surface area (Å²) in [6, 6.07) is 4.16. The van der Waals surface area contributed by atoms with Crippen molar-refractivity contribution in [3.63, 3.8) is 0 Å². The molecule has 0 amide bonds. The van der Waals surface area contributed by atoms with Crippen LogP contribution in [-0.2, 0) is 4.79 Å². The maximum Gasteiger partial charge on any atom is 0.335 e. The molecule has 0 aliphatic rings. The molecule has 13 heavy (non-hydrogen) atoms. The summed E-state index contributed by atoms with van der Waals surface area (Å²) >= 11 is 5.54. The van der Waals surface area contributed by atoms with Crippen molar-refractivity contribution in [3.8, 4) is 11.5 Å². The molecule has 1 rings (SSSR count). The number of hydrogen-bond acceptors (Lipinski definition) is 3. The standard InChI is InChI=1S/C9H7ClO3/c1-2-9(12)13-6-3-4-7(10)8(11)5-6/h2-5,11H,1H2. The van der Waals surface area contributed by atoms with Crippen LogP contribution in [0.15, 0.2) is 30.9 Å². The fraction of sp³-hybridized carbons (Fsp3) is 0. The van der Waals surface area contributed by atoms with Crippen LogP contribution in [0.2, 0.25) is 5.02 Å². The van der Waals surface area contributed by atoms with Crippen molar-refractivity contribution in [3.05, 3.63) is 35.9 Å². The van der Waals surface area contributed by atoms with E-state index in [-0.39, 0.29) is 16.5 Å². The Balaban J connectivity index is 2.85. The van der Waals surface area contributed by atoms with Crippen molar-refractivity contribution in [1.29, 1.82) is 0 Å². The topological polar surface area (TPSA) is 46.5 Å². The molecule has 0 aliphatic heterocycles. The molecule has 1 aromatic rings. The third-order valence-electron chi connectivity index (χ3n) is 1.30. The van der Waals surface area contributed by atoms with Crippen LogP contribution >= 0.6 is 11.6 Å². The van der Waals surface area contributed by atoms with Gasteiger partial charge in [-0.05, 0) is 12.1 Å². The number of carbonyl (C=O) groups excluding carboxylic acids is 1. The van der Waals surface area contributed by atoms with Crippen molar-refractivity contribution >= 4 is 17.6 Å². The summed E-state index contributed by atoms with van der Waals surface area (Å²) in [5.41, 5.74) is 0. The predicted molar refractivity (Wildman–Crippen MR) is 48.9 cm³/mol. The highest BCUT2D eigenvalue weighted by Gasteiger charge is 2.03. The normalized spacial score (nSPS) is 9.31. The molecular formula is C9H7ClO3. The monoisotopic (exact) mass is 198 g/mol. The minimum atomic E-state index is -0.582. The highest BCUT2D eigenvalue weighted by atomic mass is 35.5. The van der Waals surface area contributed by atoms with Crippen LogP contribution < -0.4 is 4.74 Å². The molecule has 68 valence electrons.